The molecule has 0 atom stereocenters. The lowest BCUT2D eigenvalue weighted by molar-refractivity contribution is 0.100. The number of aromatic nitrogens is 2. The molecule has 0 radical (unpaired) electrons. The van der Waals surface area contributed by atoms with Crippen LogP contribution in [0.1, 0.15) is 23.2 Å². The Kier molecular flexibility index (Phi) is 5.67. The van der Waals surface area contributed by atoms with Gasteiger partial charge in [0, 0.05) is 44.1 Å². The van der Waals surface area contributed by atoms with Crippen LogP contribution in [0.2, 0.25) is 0 Å². The number of primary amides is 1. The Morgan fingerprint density at radius 2 is 1.94 bits per heavy atom. The van der Waals surface area contributed by atoms with Gasteiger partial charge in [-0.1, -0.05) is 0 Å². The average molecular weight is 450 g/mol. The molecule has 1 aromatic heterocycles. The molecule has 1 aliphatic heterocycles. The summed E-state index contributed by atoms with van der Waals surface area (Å²) in [5.41, 5.74) is 6.43. The van der Waals surface area contributed by atoms with Crippen molar-refractivity contribution in [1.29, 1.82) is 0 Å². The van der Waals surface area contributed by atoms with E-state index in [4.69, 9.17) is 5.73 Å². The molecule has 1 saturated heterocycles. The Labute approximate surface area is 179 Å². The van der Waals surface area contributed by atoms with Crippen LogP contribution in [-0.4, -0.2) is 67.1 Å². The minimum Gasteiger partial charge on any atom is -0.367 e. The first-order valence-corrected chi connectivity index (χ1v) is 11.8. The molecule has 1 saturated carbocycles. The number of carbonyl (C=O) groups is 1. The highest BCUT2D eigenvalue weighted by Crippen LogP contribution is 2.28. The molecule has 10 nitrogen and oxygen atoms in total. The number of piperazine rings is 1. The molecule has 1 aromatic carbocycles. The van der Waals surface area contributed by atoms with Crippen molar-refractivity contribution in [3.05, 3.63) is 35.8 Å². The van der Waals surface area contributed by atoms with Gasteiger partial charge in [-0.15, -0.1) is 0 Å². The van der Waals surface area contributed by atoms with E-state index in [0.717, 1.165) is 12.8 Å². The number of benzene rings is 1. The van der Waals surface area contributed by atoms with E-state index in [1.165, 1.54) is 22.8 Å². The highest BCUT2D eigenvalue weighted by atomic mass is 32.2. The van der Waals surface area contributed by atoms with Gasteiger partial charge in [-0.2, -0.15) is 9.29 Å². The predicted molar refractivity (Wildman–Crippen MR) is 116 cm³/mol. The molecule has 1 aliphatic carbocycles. The number of sulfonamides is 1. The summed E-state index contributed by atoms with van der Waals surface area (Å²) in [5, 5.41) is 6.09. The van der Waals surface area contributed by atoms with E-state index in [0.29, 0.717) is 43.4 Å². The molecule has 12 heteroatoms. The van der Waals surface area contributed by atoms with E-state index in [2.05, 4.69) is 20.6 Å². The summed E-state index contributed by atoms with van der Waals surface area (Å²) in [7, 11) is -3.24. The third kappa shape index (κ3) is 5.02. The first-order valence-electron chi connectivity index (χ1n) is 9.91. The van der Waals surface area contributed by atoms with Crippen molar-refractivity contribution in [1.82, 2.24) is 14.3 Å². The van der Waals surface area contributed by atoms with Gasteiger partial charge in [-0.25, -0.2) is 17.8 Å². The molecule has 0 spiro atoms. The van der Waals surface area contributed by atoms with Crippen LogP contribution in [0.25, 0.3) is 0 Å². The number of nitrogens with one attached hydrogen (secondary N) is 2. The maximum atomic E-state index is 14.8. The third-order valence-electron chi connectivity index (χ3n) is 5.22. The van der Waals surface area contributed by atoms with Gasteiger partial charge in [-0.3, -0.25) is 4.79 Å². The molecule has 2 aromatic rings. The number of amides is 1. The fraction of sp³-hybridized carbons (Fsp3) is 0.421. The molecule has 2 heterocycles. The van der Waals surface area contributed by atoms with Crippen molar-refractivity contribution in [2.75, 3.05) is 48.0 Å². The second kappa shape index (κ2) is 8.27. The van der Waals surface area contributed by atoms with Crippen LogP contribution in [0, 0.1) is 5.82 Å². The van der Waals surface area contributed by atoms with Gasteiger partial charge in [0.25, 0.3) is 5.91 Å². The molecule has 2 aliphatic rings. The monoisotopic (exact) mass is 449 g/mol. The molecule has 4 rings (SSSR count). The fourth-order valence-corrected chi connectivity index (χ4v) is 4.21. The molecule has 1 amide bonds. The number of nitrogens with zero attached hydrogens (tertiary/aromatic N) is 4. The molecule has 0 unspecified atom stereocenters. The van der Waals surface area contributed by atoms with Crippen LogP contribution >= 0.6 is 0 Å². The largest absolute Gasteiger partial charge is 0.367 e. The zero-order valence-corrected chi connectivity index (χ0v) is 17.8. The number of carbonyl (C=O) groups excluding carboxylic acids is 1. The molecule has 31 heavy (non-hydrogen) atoms. The van der Waals surface area contributed by atoms with E-state index in [-0.39, 0.29) is 17.6 Å². The summed E-state index contributed by atoms with van der Waals surface area (Å²) in [6, 6.07) is 4.92. The van der Waals surface area contributed by atoms with Gasteiger partial charge in [-0.05, 0) is 31.0 Å². The summed E-state index contributed by atoms with van der Waals surface area (Å²) in [4.78, 5) is 21.8. The summed E-state index contributed by atoms with van der Waals surface area (Å²) in [5.74, 6) is -0.501. The van der Waals surface area contributed by atoms with Gasteiger partial charge in [0.05, 0.1) is 17.5 Å². The molecule has 0 bridgehead atoms. The fourth-order valence-electron chi connectivity index (χ4n) is 3.38. The van der Waals surface area contributed by atoms with Gasteiger partial charge >= 0.3 is 0 Å². The summed E-state index contributed by atoms with van der Waals surface area (Å²) in [6.07, 6.45) is 4.51. The lowest BCUT2D eigenvalue weighted by Crippen LogP contribution is -2.48. The Balaban J connectivity index is 1.47. The molecule has 166 valence electrons. The highest BCUT2D eigenvalue weighted by molar-refractivity contribution is 7.88. The first kappa shape index (κ1) is 21.2. The van der Waals surface area contributed by atoms with Gasteiger partial charge in [0.1, 0.15) is 11.6 Å². The molecular weight excluding hydrogens is 425 g/mol. The van der Waals surface area contributed by atoms with Crippen LogP contribution in [0.3, 0.4) is 0 Å². The third-order valence-corrected chi connectivity index (χ3v) is 6.53. The molecule has 2 fully saturated rings. The Bertz CT molecular complexity index is 1100. The van der Waals surface area contributed by atoms with Gasteiger partial charge in [0.2, 0.25) is 16.0 Å². The minimum atomic E-state index is -3.24. The zero-order valence-electron chi connectivity index (χ0n) is 17.0. The summed E-state index contributed by atoms with van der Waals surface area (Å²) < 4.78 is 39.4. The van der Waals surface area contributed by atoms with Crippen molar-refractivity contribution < 1.29 is 17.6 Å². The van der Waals surface area contributed by atoms with E-state index in [1.807, 2.05) is 4.90 Å². The van der Waals surface area contributed by atoms with Crippen LogP contribution < -0.4 is 21.3 Å². The normalized spacial score (nSPS) is 17.4. The Hall–Kier alpha value is -2.99. The second-order valence-electron chi connectivity index (χ2n) is 7.68. The van der Waals surface area contributed by atoms with Crippen LogP contribution in [0.15, 0.2) is 24.4 Å². The molecule has 4 N–H and O–H groups in total. The first-order chi connectivity index (χ1) is 14.7. The van der Waals surface area contributed by atoms with Crippen molar-refractivity contribution >= 4 is 39.1 Å². The van der Waals surface area contributed by atoms with Gasteiger partial charge < -0.3 is 21.3 Å². The van der Waals surface area contributed by atoms with Crippen molar-refractivity contribution in [2.45, 2.75) is 18.9 Å². The standard InChI is InChI=1S/C19H24FN7O3S/c1-31(29,30)27-8-6-26(7-9-27)16-5-4-13(10-15(16)20)24-19-22-11-14(17(21)28)18(25-19)23-12-2-3-12/h4-5,10-12H,2-3,6-9H2,1H3,(H2,21,28)(H2,22,23,24,25). The number of rotatable bonds is 7. The number of hydrogen-bond acceptors (Lipinski definition) is 8. The Morgan fingerprint density at radius 3 is 2.52 bits per heavy atom. The Morgan fingerprint density at radius 1 is 1.23 bits per heavy atom. The van der Waals surface area contributed by atoms with Crippen molar-refractivity contribution in [2.24, 2.45) is 5.73 Å². The van der Waals surface area contributed by atoms with E-state index >= 15 is 0 Å². The van der Waals surface area contributed by atoms with E-state index in [1.54, 1.807) is 12.1 Å². The van der Waals surface area contributed by atoms with Gasteiger partial charge in [0.15, 0.2) is 0 Å². The molecular formula is C19H24FN7O3S. The minimum absolute atomic E-state index is 0.201. The maximum Gasteiger partial charge on any atom is 0.254 e. The van der Waals surface area contributed by atoms with Crippen LogP contribution in [-0.2, 0) is 10.0 Å². The number of hydrogen-bond donors (Lipinski definition) is 3. The predicted octanol–water partition coefficient (Wildman–Crippen LogP) is 1.11. The topological polar surface area (TPSA) is 134 Å². The highest BCUT2D eigenvalue weighted by Gasteiger charge is 2.26. The summed E-state index contributed by atoms with van der Waals surface area (Å²) >= 11 is 0. The quantitative estimate of drug-likeness (QED) is 0.573. The van der Waals surface area contributed by atoms with E-state index < -0.39 is 21.7 Å². The lowest BCUT2D eigenvalue weighted by atomic mass is 10.2. The van der Waals surface area contributed by atoms with Crippen LogP contribution in [0.4, 0.5) is 27.5 Å². The number of anilines is 4. The lowest BCUT2D eigenvalue weighted by Gasteiger charge is -2.34. The number of halogens is 1. The van der Waals surface area contributed by atoms with E-state index in [9.17, 15) is 17.6 Å². The zero-order chi connectivity index (χ0) is 22.2. The SMILES string of the molecule is CS(=O)(=O)N1CCN(c2ccc(Nc3ncc(C(N)=O)c(NC4CC4)n3)cc2F)CC1. The summed E-state index contributed by atoms with van der Waals surface area (Å²) in [6.45, 7) is 1.44. The smallest absolute Gasteiger partial charge is 0.254 e. The maximum absolute atomic E-state index is 14.8. The van der Waals surface area contributed by atoms with Crippen molar-refractivity contribution in [3.63, 3.8) is 0 Å². The second-order valence-corrected chi connectivity index (χ2v) is 9.66. The average Bonchev–Trinajstić information content (AvgIpc) is 3.51. The van der Waals surface area contributed by atoms with Crippen LogP contribution in [0.5, 0.6) is 0 Å². The number of nitrogens with two attached hydrogens (primary N) is 1. The van der Waals surface area contributed by atoms with Crippen molar-refractivity contribution in [3.8, 4) is 0 Å².